The molecule has 0 unspecified atom stereocenters. The predicted octanol–water partition coefficient (Wildman–Crippen LogP) is 5.66. The number of hydrogen-bond acceptors (Lipinski definition) is 5. The second kappa shape index (κ2) is 8.33. The number of anilines is 1. The highest BCUT2D eigenvalue weighted by molar-refractivity contribution is 5.80. The van der Waals surface area contributed by atoms with Crippen LogP contribution in [0.3, 0.4) is 0 Å². The first-order valence-electron chi connectivity index (χ1n) is 9.71. The van der Waals surface area contributed by atoms with Crippen LogP contribution in [0.5, 0.6) is 11.5 Å². The van der Waals surface area contributed by atoms with Crippen LogP contribution in [-0.4, -0.2) is 14.2 Å². The van der Waals surface area contributed by atoms with Gasteiger partial charge in [0.2, 0.25) is 0 Å². The lowest BCUT2D eigenvalue weighted by molar-refractivity contribution is 0.355. The molecular weight excluding hydrogens is 376 g/mol. The fourth-order valence-corrected chi connectivity index (χ4v) is 3.29. The number of rotatable bonds is 5. The second-order valence-corrected chi connectivity index (χ2v) is 7.09. The first kappa shape index (κ1) is 19.6. The SMILES string of the molecule is COc1ccc(-c2c/c(=N\Nc3ccccc3)c3cc(C)c(C)cc3o2)cc1OC. The van der Waals surface area contributed by atoms with E-state index in [1.165, 1.54) is 5.56 Å². The highest BCUT2D eigenvalue weighted by Gasteiger charge is 2.11. The van der Waals surface area contributed by atoms with Crippen LogP contribution in [0, 0.1) is 13.8 Å². The topological polar surface area (TPSA) is 56.0 Å². The molecule has 0 atom stereocenters. The summed E-state index contributed by atoms with van der Waals surface area (Å²) in [5.74, 6) is 2.01. The van der Waals surface area contributed by atoms with Crippen LogP contribution >= 0.6 is 0 Å². The average molecular weight is 400 g/mol. The van der Waals surface area contributed by atoms with E-state index in [9.17, 15) is 0 Å². The summed E-state index contributed by atoms with van der Waals surface area (Å²) in [5, 5.41) is 6.42. The molecule has 1 aromatic heterocycles. The van der Waals surface area contributed by atoms with Gasteiger partial charge in [-0.25, -0.2) is 0 Å². The molecule has 4 rings (SSSR count). The predicted molar refractivity (Wildman–Crippen MR) is 120 cm³/mol. The maximum absolute atomic E-state index is 6.27. The smallest absolute Gasteiger partial charge is 0.161 e. The molecule has 30 heavy (non-hydrogen) atoms. The van der Waals surface area contributed by atoms with E-state index in [2.05, 4.69) is 36.5 Å². The zero-order valence-corrected chi connectivity index (χ0v) is 17.5. The fraction of sp³-hybridized carbons (Fsp3) is 0.160. The molecule has 0 bridgehead atoms. The quantitative estimate of drug-likeness (QED) is 0.439. The number of nitrogens with zero attached hydrogens (tertiary/aromatic N) is 1. The molecular formula is C25H24N2O3. The molecule has 0 spiro atoms. The molecule has 3 aromatic carbocycles. The van der Waals surface area contributed by atoms with Crippen molar-refractivity contribution in [2.45, 2.75) is 13.8 Å². The molecule has 0 aliphatic carbocycles. The number of nitrogens with one attached hydrogen (secondary N) is 1. The molecule has 0 fully saturated rings. The van der Waals surface area contributed by atoms with E-state index in [0.29, 0.717) is 17.3 Å². The third kappa shape index (κ3) is 3.87. The Bertz CT molecular complexity index is 1260. The van der Waals surface area contributed by atoms with Gasteiger partial charge >= 0.3 is 0 Å². The molecule has 152 valence electrons. The van der Waals surface area contributed by atoms with E-state index in [-0.39, 0.29) is 0 Å². The molecule has 1 N–H and O–H groups in total. The van der Waals surface area contributed by atoms with Crippen molar-refractivity contribution in [3.63, 3.8) is 0 Å². The molecule has 4 aromatic rings. The monoisotopic (exact) mass is 400 g/mol. The van der Waals surface area contributed by atoms with Crippen molar-refractivity contribution < 1.29 is 13.9 Å². The van der Waals surface area contributed by atoms with E-state index < -0.39 is 0 Å². The summed E-state index contributed by atoms with van der Waals surface area (Å²) < 4.78 is 17.1. The minimum absolute atomic E-state index is 0.645. The largest absolute Gasteiger partial charge is 0.493 e. The van der Waals surface area contributed by atoms with Crippen LogP contribution in [0.25, 0.3) is 22.3 Å². The first-order valence-corrected chi connectivity index (χ1v) is 9.71. The summed E-state index contributed by atoms with van der Waals surface area (Å²) in [5.41, 5.74) is 8.07. The zero-order valence-electron chi connectivity index (χ0n) is 17.5. The van der Waals surface area contributed by atoms with E-state index in [1.807, 2.05) is 54.6 Å². The van der Waals surface area contributed by atoms with Crippen molar-refractivity contribution >= 4 is 16.7 Å². The summed E-state index contributed by atoms with van der Waals surface area (Å²) in [6.07, 6.45) is 0. The highest BCUT2D eigenvalue weighted by Crippen LogP contribution is 2.33. The van der Waals surface area contributed by atoms with Gasteiger partial charge in [0, 0.05) is 17.0 Å². The third-order valence-corrected chi connectivity index (χ3v) is 5.11. The molecule has 0 radical (unpaired) electrons. The second-order valence-electron chi connectivity index (χ2n) is 7.09. The molecule has 0 amide bonds. The van der Waals surface area contributed by atoms with Gasteiger partial charge in [0.1, 0.15) is 11.3 Å². The lowest BCUT2D eigenvalue weighted by Crippen LogP contribution is -2.08. The highest BCUT2D eigenvalue weighted by atomic mass is 16.5. The molecule has 5 heteroatoms. The molecule has 0 saturated heterocycles. The summed E-state index contributed by atoms with van der Waals surface area (Å²) in [4.78, 5) is 0. The Morgan fingerprint density at radius 1 is 0.800 bits per heavy atom. The number of fused-ring (bicyclic) bond motifs is 1. The minimum Gasteiger partial charge on any atom is -0.493 e. The van der Waals surface area contributed by atoms with Gasteiger partial charge in [0.15, 0.2) is 11.5 Å². The summed E-state index contributed by atoms with van der Waals surface area (Å²) in [6.45, 7) is 4.16. The Morgan fingerprint density at radius 2 is 1.53 bits per heavy atom. The standard InChI is InChI=1S/C25H24N2O3/c1-16-12-20-21(27-26-19-8-6-5-7-9-19)15-23(30-24(20)13-17(16)2)18-10-11-22(28-3)25(14-18)29-4/h5-15,26H,1-4H3/b27-21+. The lowest BCUT2D eigenvalue weighted by Gasteiger charge is -2.11. The van der Waals surface area contributed by atoms with E-state index >= 15 is 0 Å². The van der Waals surface area contributed by atoms with Crippen molar-refractivity contribution in [3.8, 4) is 22.8 Å². The van der Waals surface area contributed by atoms with Crippen LogP contribution in [0.4, 0.5) is 5.69 Å². The number of benzene rings is 3. The van der Waals surface area contributed by atoms with Gasteiger partial charge in [-0.15, -0.1) is 0 Å². The van der Waals surface area contributed by atoms with Gasteiger partial charge in [-0.1, -0.05) is 18.2 Å². The Balaban J connectivity index is 1.90. The maximum Gasteiger partial charge on any atom is 0.161 e. The average Bonchev–Trinajstić information content (AvgIpc) is 2.78. The van der Waals surface area contributed by atoms with E-state index in [1.54, 1.807) is 14.2 Å². The van der Waals surface area contributed by atoms with E-state index in [0.717, 1.165) is 33.1 Å². The van der Waals surface area contributed by atoms with Gasteiger partial charge in [-0.2, -0.15) is 5.10 Å². The maximum atomic E-state index is 6.27. The lowest BCUT2D eigenvalue weighted by atomic mass is 10.1. The molecule has 0 saturated carbocycles. The Labute approximate surface area is 175 Å². The van der Waals surface area contributed by atoms with Crippen LogP contribution in [-0.2, 0) is 0 Å². The summed E-state index contributed by atoms with van der Waals surface area (Å²) in [7, 11) is 3.24. The van der Waals surface area contributed by atoms with Crippen LogP contribution in [0.1, 0.15) is 11.1 Å². The Morgan fingerprint density at radius 3 is 2.27 bits per heavy atom. The van der Waals surface area contributed by atoms with E-state index in [4.69, 9.17) is 13.9 Å². The first-order chi connectivity index (χ1) is 14.6. The number of para-hydroxylation sites is 1. The number of ether oxygens (including phenoxy) is 2. The Kier molecular flexibility index (Phi) is 5.44. The van der Waals surface area contributed by atoms with Crippen molar-refractivity contribution in [3.05, 3.63) is 83.2 Å². The molecule has 0 aliphatic rings. The normalized spacial score (nSPS) is 11.5. The summed E-state index contributed by atoms with van der Waals surface area (Å²) >= 11 is 0. The zero-order chi connectivity index (χ0) is 21.1. The molecule has 5 nitrogen and oxygen atoms in total. The van der Waals surface area contributed by atoms with Gasteiger partial charge in [0.05, 0.1) is 25.3 Å². The number of aryl methyl sites for hydroxylation is 2. The number of methoxy groups -OCH3 is 2. The number of hydrogen-bond donors (Lipinski definition) is 1. The molecule has 1 heterocycles. The van der Waals surface area contributed by atoms with Crippen molar-refractivity contribution in [2.24, 2.45) is 5.10 Å². The minimum atomic E-state index is 0.645. The summed E-state index contributed by atoms with van der Waals surface area (Å²) in [6, 6.07) is 21.7. The van der Waals surface area contributed by atoms with Gasteiger partial charge in [-0.3, -0.25) is 5.43 Å². The van der Waals surface area contributed by atoms with Gasteiger partial charge in [-0.05, 0) is 67.4 Å². The van der Waals surface area contributed by atoms with Crippen LogP contribution < -0.4 is 20.3 Å². The van der Waals surface area contributed by atoms with Crippen LogP contribution in [0.2, 0.25) is 0 Å². The third-order valence-electron chi connectivity index (χ3n) is 5.11. The van der Waals surface area contributed by atoms with Gasteiger partial charge in [0.25, 0.3) is 0 Å². The van der Waals surface area contributed by atoms with Crippen molar-refractivity contribution in [1.82, 2.24) is 0 Å². The molecule has 0 aliphatic heterocycles. The van der Waals surface area contributed by atoms with Crippen molar-refractivity contribution in [2.75, 3.05) is 19.6 Å². The van der Waals surface area contributed by atoms with Crippen molar-refractivity contribution in [1.29, 1.82) is 0 Å². The van der Waals surface area contributed by atoms with Gasteiger partial charge < -0.3 is 13.9 Å². The Hall–Kier alpha value is -3.73. The fourth-order valence-electron chi connectivity index (χ4n) is 3.29. The van der Waals surface area contributed by atoms with Crippen LogP contribution in [0.15, 0.2) is 76.2 Å².